The number of phenolic OH excluding ortho intramolecular Hbond substituents is 3. The van der Waals surface area contributed by atoms with Crippen LogP contribution < -0.4 is 0 Å². The van der Waals surface area contributed by atoms with Gasteiger partial charge in [-0.05, 0) is 12.1 Å². The predicted molar refractivity (Wildman–Crippen MR) is 47.1 cm³/mol. The quantitative estimate of drug-likeness (QED) is 0.322. The van der Waals surface area contributed by atoms with Crippen molar-refractivity contribution in [1.29, 1.82) is 0 Å². The molecule has 0 saturated heterocycles. The molecule has 0 saturated carbocycles. The van der Waals surface area contributed by atoms with Crippen LogP contribution in [0.1, 0.15) is 10.4 Å². The molecule has 0 aromatic heterocycles. The minimum absolute atomic E-state index is 0.289. The maximum absolute atomic E-state index is 10.3. The van der Waals surface area contributed by atoms with Crippen LogP contribution in [0.5, 0.6) is 17.2 Å². The SMILES string of the molecule is O=C(O)c1cc(O)c(O)c(O)c1.[O]=[Al][OH]. The molecule has 0 aliphatic rings. The van der Waals surface area contributed by atoms with Gasteiger partial charge in [-0.1, -0.05) is 0 Å². The van der Waals surface area contributed by atoms with E-state index in [0.717, 1.165) is 12.1 Å². The Balaban J connectivity index is 0.000000583. The van der Waals surface area contributed by atoms with E-state index in [-0.39, 0.29) is 5.56 Å². The molecule has 0 aliphatic carbocycles. The Hall–Kier alpha value is -1.78. The Morgan fingerprint density at radius 1 is 1.13 bits per heavy atom. The van der Waals surface area contributed by atoms with Gasteiger partial charge in [-0.2, -0.15) is 0 Å². The summed E-state index contributed by atoms with van der Waals surface area (Å²) in [5.41, 5.74) is -0.289. The molecular formula is C7H7AlO7. The average molecular weight is 230 g/mol. The first-order chi connectivity index (χ1) is 6.93. The number of carboxylic acid groups (broad SMARTS) is 1. The zero-order valence-corrected chi connectivity index (χ0v) is 8.44. The number of carboxylic acids is 1. The molecule has 0 unspecified atom stereocenters. The number of carbonyl (C=O) groups is 1. The van der Waals surface area contributed by atoms with Crippen molar-refractivity contribution >= 4 is 21.5 Å². The predicted octanol–water partition coefficient (Wildman–Crippen LogP) is -0.555. The summed E-state index contributed by atoms with van der Waals surface area (Å²) in [6.45, 7) is 0. The molecule has 0 radical (unpaired) electrons. The van der Waals surface area contributed by atoms with Crippen LogP contribution in [-0.4, -0.2) is 46.0 Å². The molecule has 1 rings (SSSR count). The van der Waals surface area contributed by atoms with Gasteiger partial charge in [0, 0.05) is 0 Å². The molecule has 0 fully saturated rings. The van der Waals surface area contributed by atoms with E-state index >= 15 is 0 Å². The summed E-state index contributed by atoms with van der Waals surface area (Å²) >= 11 is -1.50. The third-order valence-electron chi connectivity index (χ3n) is 1.32. The van der Waals surface area contributed by atoms with Crippen molar-refractivity contribution in [1.82, 2.24) is 0 Å². The van der Waals surface area contributed by atoms with Gasteiger partial charge in [0.1, 0.15) is 0 Å². The minimum atomic E-state index is -1.50. The molecule has 0 spiro atoms. The van der Waals surface area contributed by atoms with E-state index in [9.17, 15) is 4.79 Å². The molecule has 80 valence electrons. The number of aromatic hydroxyl groups is 3. The van der Waals surface area contributed by atoms with Gasteiger partial charge in [0.05, 0.1) is 5.56 Å². The van der Waals surface area contributed by atoms with Crippen LogP contribution in [0, 0.1) is 0 Å². The van der Waals surface area contributed by atoms with Crippen LogP contribution in [0.2, 0.25) is 0 Å². The van der Waals surface area contributed by atoms with Gasteiger partial charge in [-0.3, -0.25) is 0 Å². The standard InChI is InChI=1S/C7H6O5.Al.H2O.O/c8-4-1-3(7(11)12)2-5(9)6(4)10;;;/h1-2,8-10H,(H,11,12);;1H2;/q;+1;;/p-1. The first-order valence-corrected chi connectivity index (χ1v) is 4.48. The van der Waals surface area contributed by atoms with Crippen molar-refractivity contribution < 1.29 is 33.2 Å². The first kappa shape index (κ1) is 13.2. The van der Waals surface area contributed by atoms with E-state index in [4.69, 9.17) is 28.4 Å². The Morgan fingerprint density at radius 2 is 1.47 bits per heavy atom. The van der Waals surface area contributed by atoms with Crippen LogP contribution in [-0.2, 0) is 3.80 Å². The maximum atomic E-state index is 10.3. The third-order valence-corrected chi connectivity index (χ3v) is 1.32. The second-order valence-electron chi connectivity index (χ2n) is 2.27. The number of benzene rings is 1. The molecule has 8 heteroatoms. The molecule has 0 bridgehead atoms. The van der Waals surface area contributed by atoms with Gasteiger partial charge >= 0.3 is 29.4 Å². The van der Waals surface area contributed by atoms with Crippen molar-refractivity contribution in [3.8, 4) is 17.2 Å². The molecule has 7 nitrogen and oxygen atoms in total. The summed E-state index contributed by atoms with van der Waals surface area (Å²) in [6, 6.07) is 1.69. The fourth-order valence-corrected chi connectivity index (χ4v) is 0.728. The molecule has 0 amide bonds. The summed E-state index contributed by atoms with van der Waals surface area (Å²) in [5.74, 6) is -3.33. The molecule has 5 N–H and O–H groups in total. The van der Waals surface area contributed by atoms with Crippen LogP contribution in [0.4, 0.5) is 0 Å². The van der Waals surface area contributed by atoms with E-state index in [2.05, 4.69) is 0 Å². The Labute approximate surface area is 90.1 Å². The van der Waals surface area contributed by atoms with Crippen LogP contribution >= 0.6 is 0 Å². The van der Waals surface area contributed by atoms with Crippen molar-refractivity contribution in [2.45, 2.75) is 0 Å². The second kappa shape index (κ2) is 5.85. The molecular weight excluding hydrogens is 223 g/mol. The molecule has 0 heterocycles. The van der Waals surface area contributed by atoms with Gasteiger partial charge in [0.15, 0.2) is 17.2 Å². The topological polar surface area (TPSA) is 135 Å². The van der Waals surface area contributed by atoms with E-state index < -0.39 is 38.7 Å². The average Bonchev–Trinajstić information content (AvgIpc) is 2.14. The number of aromatic carboxylic acids is 1. The van der Waals surface area contributed by atoms with Crippen molar-refractivity contribution in [2.24, 2.45) is 0 Å². The van der Waals surface area contributed by atoms with Gasteiger partial charge in [-0.25, -0.2) is 4.79 Å². The normalized spacial score (nSPS) is 8.27. The monoisotopic (exact) mass is 230 g/mol. The second-order valence-corrected chi connectivity index (χ2v) is 2.48. The number of hydrogen-bond donors (Lipinski definition) is 5. The van der Waals surface area contributed by atoms with Gasteiger partial charge in [0.2, 0.25) is 0 Å². The van der Waals surface area contributed by atoms with Crippen molar-refractivity contribution in [2.75, 3.05) is 0 Å². The fraction of sp³-hybridized carbons (Fsp3) is 0. The van der Waals surface area contributed by atoms with Gasteiger partial charge < -0.3 is 20.4 Å². The van der Waals surface area contributed by atoms with Crippen LogP contribution in [0.25, 0.3) is 0 Å². The zero-order valence-electron chi connectivity index (χ0n) is 7.28. The Bertz CT molecular complexity index is 353. The van der Waals surface area contributed by atoms with E-state index in [1.165, 1.54) is 0 Å². The first-order valence-electron chi connectivity index (χ1n) is 3.50. The van der Waals surface area contributed by atoms with Crippen LogP contribution in [0.3, 0.4) is 0 Å². The van der Waals surface area contributed by atoms with E-state index in [1.807, 2.05) is 0 Å². The Morgan fingerprint density at radius 3 is 1.73 bits per heavy atom. The number of phenols is 3. The van der Waals surface area contributed by atoms with Gasteiger partial charge in [-0.15, -0.1) is 0 Å². The number of hydrogen-bond acceptors (Lipinski definition) is 5. The molecule has 0 atom stereocenters. The fourth-order valence-electron chi connectivity index (χ4n) is 0.728. The van der Waals surface area contributed by atoms with E-state index in [1.54, 1.807) is 0 Å². The van der Waals surface area contributed by atoms with Gasteiger partial charge in [0.25, 0.3) is 0 Å². The van der Waals surface area contributed by atoms with Crippen molar-refractivity contribution in [3.05, 3.63) is 17.7 Å². The van der Waals surface area contributed by atoms with E-state index in [0.29, 0.717) is 0 Å². The summed E-state index contributed by atoms with van der Waals surface area (Å²) in [6.07, 6.45) is 0. The zero-order chi connectivity index (χ0) is 12.0. The molecule has 1 aromatic rings. The molecule has 15 heavy (non-hydrogen) atoms. The van der Waals surface area contributed by atoms with Crippen molar-refractivity contribution in [3.63, 3.8) is 0 Å². The molecule has 0 aliphatic heterocycles. The summed E-state index contributed by atoms with van der Waals surface area (Å²) in [7, 11) is 0. The summed E-state index contributed by atoms with van der Waals surface area (Å²) in [5, 5.41) is 35.0. The van der Waals surface area contributed by atoms with Crippen LogP contribution in [0.15, 0.2) is 12.1 Å². The molecule has 1 aromatic carbocycles. The number of rotatable bonds is 1. The Kier molecular flexibility index (Phi) is 5.16. The third kappa shape index (κ3) is 3.85. The summed E-state index contributed by atoms with van der Waals surface area (Å²) in [4.78, 5) is 10.3. The summed E-state index contributed by atoms with van der Waals surface area (Å²) < 4.78 is 15.7.